The van der Waals surface area contributed by atoms with Gasteiger partial charge < -0.3 is 5.11 Å². The van der Waals surface area contributed by atoms with Gasteiger partial charge in [-0.05, 0) is 25.5 Å². The van der Waals surface area contributed by atoms with E-state index in [1.807, 2.05) is 13.0 Å². The van der Waals surface area contributed by atoms with Crippen molar-refractivity contribution in [3.05, 3.63) is 24.0 Å². The summed E-state index contributed by atoms with van der Waals surface area (Å²) in [5.74, 6) is 0. The molecular formula is C12H17N3O3S. The van der Waals surface area contributed by atoms with E-state index in [0.29, 0.717) is 6.42 Å². The molecule has 0 bridgehead atoms. The van der Waals surface area contributed by atoms with Gasteiger partial charge in [0.05, 0.1) is 5.60 Å². The Balaban J connectivity index is 2.79. The molecule has 1 heterocycles. The summed E-state index contributed by atoms with van der Waals surface area (Å²) in [7, 11) is -3.72. The van der Waals surface area contributed by atoms with E-state index in [2.05, 4.69) is 9.71 Å². The van der Waals surface area contributed by atoms with Crippen LogP contribution in [0.2, 0.25) is 0 Å². The van der Waals surface area contributed by atoms with Gasteiger partial charge >= 0.3 is 0 Å². The van der Waals surface area contributed by atoms with Gasteiger partial charge in [-0.3, -0.25) is 0 Å². The van der Waals surface area contributed by atoms with E-state index in [4.69, 9.17) is 5.26 Å². The average Bonchev–Trinajstić information content (AvgIpc) is 2.37. The van der Waals surface area contributed by atoms with E-state index < -0.39 is 15.6 Å². The van der Waals surface area contributed by atoms with Gasteiger partial charge in [0.15, 0.2) is 0 Å². The summed E-state index contributed by atoms with van der Waals surface area (Å²) in [5.41, 5.74) is -0.932. The fourth-order valence-corrected chi connectivity index (χ4v) is 2.67. The molecule has 1 unspecified atom stereocenters. The summed E-state index contributed by atoms with van der Waals surface area (Å²) in [6, 6.07) is 4.45. The van der Waals surface area contributed by atoms with Crippen LogP contribution in [-0.4, -0.2) is 30.7 Å². The molecular weight excluding hydrogens is 266 g/mol. The van der Waals surface area contributed by atoms with Crippen LogP contribution in [-0.2, 0) is 10.0 Å². The molecule has 0 fully saturated rings. The number of nitriles is 1. The Bertz CT molecular complexity index is 559. The molecule has 1 atom stereocenters. The van der Waals surface area contributed by atoms with Crippen molar-refractivity contribution in [2.75, 3.05) is 6.54 Å². The molecule has 0 aliphatic heterocycles. The first kappa shape index (κ1) is 15.6. The van der Waals surface area contributed by atoms with Crippen LogP contribution in [0.5, 0.6) is 0 Å². The fraction of sp³-hybridized carbons (Fsp3) is 0.500. The van der Waals surface area contributed by atoms with Crippen LogP contribution in [0.1, 0.15) is 32.4 Å². The smallest absolute Gasteiger partial charge is 0.242 e. The predicted molar refractivity (Wildman–Crippen MR) is 69.7 cm³/mol. The van der Waals surface area contributed by atoms with Crippen LogP contribution < -0.4 is 4.72 Å². The SMILES string of the molecule is CCCC(C)(O)CNS(=O)(=O)c1ccc(C#N)nc1. The molecule has 0 aliphatic rings. The fourth-order valence-electron chi connectivity index (χ4n) is 1.57. The molecule has 6 nitrogen and oxygen atoms in total. The van der Waals surface area contributed by atoms with Crippen LogP contribution in [0.3, 0.4) is 0 Å². The number of pyridine rings is 1. The molecule has 2 N–H and O–H groups in total. The highest BCUT2D eigenvalue weighted by atomic mass is 32.2. The Morgan fingerprint density at radius 1 is 1.53 bits per heavy atom. The lowest BCUT2D eigenvalue weighted by atomic mass is 10.0. The number of aromatic nitrogens is 1. The largest absolute Gasteiger partial charge is 0.389 e. The molecule has 0 saturated carbocycles. The third-order valence-electron chi connectivity index (χ3n) is 2.59. The number of hydrogen-bond acceptors (Lipinski definition) is 5. The first-order chi connectivity index (χ1) is 8.80. The van der Waals surface area contributed by atoms with Crippen LogP contribution in [0.25, 0.3) is 0 Å². The predicted octanol–water partition coefficient (Wildman–Crippen LogP) is 0.783. The van der Waals surface area contributed by atoms with E-state index in [-0.39, 0.29) is 17.1 Å². The second kappa shape index (κ2) is 6.10. The normalized spacial score (nSPS) is 14.6. The van der Waals surface area contributed by atoms with Crippen LogP contribution in [0, 0.1) is 11.3 Å². The number of nitrogens with zero attached hydrogens (tertiary/aromatic N) is 2. The van der Waals surface area contributed by atoms with Crippen LogP contribution >= 0.6 is 0 Å². The van der Waals surface area contributed by atoms with E-state index >= 15 is 0 Å². The van der Waals surface area contributed by atoms with Gasteiger partial charge in [-0.2, -0.15) is 5.26 Å². The van der Waals surface area contributed by atoms with Crippen molar-refractivity contribution < 1.29 is 13.5 Å². The topological polar surface area (TPSA) is 103 Å². The van der Waals surface area contributed by atoms with Crippen molar-refractivity contribution in [2.45, 2.75) is 37.2 Å². The summed E-state index contributed by atoms with van der Waals surface area (Å²) in [4.78, 5) is 3.67. The molecule has 0 aliphatic carbocycles. The summed E-state index contributed by atoms with van der Waals surface area (Å²) in [6.07, 6.45) is 2.38. The Morgan fingerprint density at radius 2 is 2.21 bits per heavy atom. The third-order valence-corrected chi connectivity index (χ3v) is 3.98. The number of aliphatic hydroxyl groups is 1. The van der Waals surface area contributed by atoms with Crippen molar-refractivity contribution in [3.8, 4) is 6.07 Å². The van der Waals surface area contributed by atoms with Gasteiger partial charge in [-0.15, -0.1) is 0 Å². The molecule has 0 amide bonds. The molecule has 0 aromatic carbocycles. The first-order valence-electron chi connectivity index (χ1n) is 5.89. The Morgan fingerprint density at radius 3 is 2.68 bits per heavy atom. The minimum atomic E-state index is -3.72. The highest BCUT2D eigenvalue weighted by Crippen LogP contribution is 2.13. The highest BCUT2D eigenvalue weighted by Gasteiger charge is 2.23. The molecule has 104 valence electrons. The van der Waals surface area contributed by atoms with Gasteiger partial charge in [-0.1, -0.05) is 13.3 Å². The molecule has 1 rings (SSSR count). The Labute approximate surface area is 113 Å². The maximum absolute atomic E-state index is 11.9. The zero-order chi connectivity index (χ0) is 14.5. The third kappa shape index (κ3) is 4.59. The van der Waals surface area contributed by atoms with Crippen molar-refractivity contribution in [3.63, 3.8) is 0 Å². The quantitative estimate of drug-likeness (QED) is 0.803. The molecule has 1 aromatic heterocycles. The first-order valence-corrected chi connectivity index (χ1v) is 7.37. The lowest BCUT2D eigenvalue weighted by Gasteiger charge is -2.22. The molecule has 0 spiro atoms. The molecule has 7 heteroatoms. The van der Waals surface area contributed by atoms with Crippen LogP contribution in [0.15, 0.2) is 23.2 Å². The highest BCUT2D eigenvalue weighted by molar-refractivity contribution is 7.89. The number of nitrogens with one attached hydrogen (secondary N) is 1. The maximum atomic E-state index is 11.9. The zero-order valence-electron chi connectivity index (χ0n) is 10.9. The number of rotatable bonds is 6. The molecule has 0 radical (unpaired) electrons. The Hall–Kier alpha value is -1.49. The molecule has 0 saturated heterocycles. The van der Waals surface area contributed by atoms with E-state index in [1.165, 1.54) is 12.1 Å². The molecule has 19 heavy (non-hydrogen) atoms. The minimum absolute atomic E-state index is 0.0289. The van der Waals surface area contributed by atoms with E-state index in [1.54, 1.807) is 6.92 Å². The van der Waals surface area contributed by atoms with Crippen molar-refractivity contribution in [1.29, 1.82) is 5.26 Å². The maximum Gasteiger partial charge on any atom is 0.242 e. The van der Waals surface area contributed by atoms with Gasteiger partial charge in [0, 0.05) is 12.7 Å². The standard InChI is InChI=1S/C12H17N3O3S/c1-3-6-12(2,16)9-15-19(17,18)11-5-4-10(7-13)14-8-11/h4-5,8,15-16H,3,6,9H2,1-2H3. The lowest BCUT2D eigenvalue weighted by molar-refractivity contribution is 0.0554. The average molecular weight is 283 g/mol. The summed E-state index contributed by atoms with van der Waals surface area (Å²) in [6.45, 7) is 3.42. The monoisotopic (exact) mass is 283 g/mol. The lowest BCUT2D eigenvalue weighted by Crippen LogP contribution is -2.40. The van der Waals surface area contributed by atoms with Crippen molar-refractivity contribution in [2.24, 2.45) is 0 Å². The number of sulfonamides is 1. The van der Waals surface area contributed by atoms with Crippen molar-refractivity contribution >= 4 is 10.0 Å². The second-order valence-electron chi connectivity index (χ2n) is 4.56. The van der Waals surface area contributed by atoms with Gasteiger partial charge in [0.25, 0.3) is 0 Å². The number of hydrogen-bond donors (Lipinski definition) is 2. The van der Waals surface area contributed by atoms with Crippen LogP contribution in [0.4, 0.5) is 0 Å². The summed E-state index contributed by atoms with van der Waals surface area (Å²) >= 11 is 0. The Kier molecular flexibility index (Phi) is 5.00. The second-order valence-corrected chi connectivity index (χ2v) is 6.33. The van der Waals surface area contributed by atoms with Gasteiger partial charge in [-0.25, -0.2) is 18.1 Å². The minimum Gasteiger partial charge on any atom is -0.389 e. The van der Waals surface area contributed by atoms with E-state index in [0.717, 1.165) is 12.6 Å². The molecule has 1 aromatic rings. The van der Waals surface area contributed by atoms with Crippen molar-refractivity contribution in [1.82, 2.24) is 9.71 Å². The van der Waals surface area contributed by atoms with E-state index in [9.17, 15) is 13.5 Å². The zero-order valence-corrected chi connectivity index (χ0v) is 11.7. The summed E-state index contributed by atoms with van der Waals surface area (Å²) < 4.78 is 26.2. The van der Waals surface area contributed by atoms with Gasteiger partial charge in [0.1, 0.15) is 16.7 Å². The van der Waals surface area contributed by atoms with Gasteiger partial charge in [0.2, 0.25) is 10.0 Å². The summed E-state index contributed by atoms with van der Waals surface area (Å²) in [5, 5.41) is 18.5.